The van der Waals surface area contributed by atoms with Gasteiger partial charge in [0.1, 0.15) is 11.4 Å². The molecule has 1 fully saturated rings. The molecular weight excluding hydrogens is 696 g/mol. The Morgan fingerprint density at radius 1 is 0.878 bits per heavy atom. The molecule has 7 nitrogen and oxygen atoms in total. The van der Waals surface area contributed by atoms with Crippen molar-refractivity contribution in [3.05, 3.63) is 130 Å². The molecule has 4 aromatic carbocycles. The summed E-state index contributed by atoms with van der Waals surface area (Å²) >= 11 is 12.6. The summed E-state index contributed by atoms with van der Waals surface area (Å²) in [5.41, 5.74) is 2.39. The predicted octanol–water partition coefficient (Wildman–Crippen LogP) is 9.06. The molecule has 1 aliphatic rings. The van der Waals surface area contributed by atoms with Crippen LogP contribution in [0.15, 0.2) is 97.2 Å². The number of imidazole rings is 1. The number of rotatable bonds is 7. The van der Waals surface area contributed by atoms with Gasteiger partial charge in [0.25, 0.3) is 5.91 Å². The molecule has 13 heteroatoms. The van der Waals surface area contributed by atoms with Gasteiger partial charge in [0, 0.05) is 30.4 Å². The Kier molecular flexibility index (Phi) is 8.89. The Hall–Kier alpha value is -4.58. The maximum absolute atomic E-state index is 13.2. The summed E-state index contributed by atoms with van der Waals surface area (Å²) in [6.07, 6.45) is 1.09. The molecule has 1 aliphatic heterocycles. The lowest BCUT2D eigenvalue weighted by atomic mass is 10.0. The maximum atomic E-state index is 13.2. The van der Waals surface area contributed by atoms with Gasteiger partial charge in [0.05, 0.1) is 22.0 Å². The van der Waals surface area contributed by atoms with E-state index in [0.29, 0.717) is 50.5 Å². The molecular formula is C36H29Cl2F3N4O3S. The summed E-state index contributed by atoms with van der Waals surface area (Å²) in [6.45, 7) is 3.50. The molecule has 0 atom stereocenters. The van der Waals surface area contributed by atoms with Crippen LogP contribution in [-0.4, -0.2) is 40.8 Å². The first-order valence-corrected chi connectivity index (χ1v) is 17.1. The average Bonchev–Trinajstić information content (AvgIpc) is 3.49. The lowest BCUT2D eigenvalue weighted by Crippen LogP contribution is -2.44. The van der Waals surface area contributed by atoms with Crippen molar-refractivity contribution < 1.29 is 26.4 Å². The highest BCUT2D eigenvalue weighted by molar-refractivity contribution is 7.91. The van der Waals surface area contributed by atoms with Crippen LogP contribution in [0.2, 0.25) is 10.0 Å². The number of hydrogen-bond donors (Lipinski definition) is 0. The van der Waals surface area contributed by atoms with E-state index >= 15 is 0 Å². The fourth-order valence-electron chi connectivity index (χ4n) is 5.73. The van der Waals surface area contributed by atoms with E-state index in [1.807, 2.05) is 35.0 Å². The maximum Gasteiger partial charge on any atom is 0.416 e. The number of anilines is 1. The van der Waals surface area contributed by atoms with Crippen LogP contribution >= 0.6 is 23.2 Å². The van der Waals surface area contributed by atoms with Gasteiger partial charge in [-0.25, -0.2) is 13.6 Å². The third kappa shape index (κ3) is 6.70. The summed E-state index contributed by atoms with van der Waals surface area (Å²) in [4.78, 5) is 17.5. The van der Waals surface area contributed by atoms with Gasteiger partial charge in [-0.3, -0.25) is 4.79 Å². The van der Waals surface area contributed by atoms with Gasteiger partial charge in [-0.2, -0.15) is 21.6 Å². The number of amides is 1. The first-order chi connectivity index (χ1) is 23.1. The second-order valence-electron chi connectivity index (χ2n) is 12.0. The molecule has 1 saturated heterocycles. The van der Waals surface area contributed by atoms with Crippen LogP contribution in [-0.2, 0) is 27.7 Å². The van der Waals surface area contributed by atoms with Gasteiger partial charge >= 0.3 is 16.4 Å². The molecule has 252 valence electrons. The molecule has 5 aromatic rings. The van der Waals surface area contributed by atoms with E-state index in [9.17, 15) is 26.4 Å². The number of carbonyl (C=O) groups excluding carboxylic acids is 1. The third-order valence-electron chi connectivity index (χ3n) is 8.29. The zero-order valence-electron chi connectivity index (χ0n) is 26.4. The number of benzene rings is 4. The van der Waals surface area contributed by atoms with E-state index in [1.54, 1.807) is 74.5 Å². The van der Waals surface area contributed by atoms with Gasteiger partial charge in [-0.05, 0) is 84.6 Å². The van der Waals surface area contributed by atoms with E-state index in [-0.39, 0.29) is 0 Å². The fraction of sp³-hybridized carbons (Fsp3) is 0.167. The third-order valence-corrected chi connectivity index (χ3v) is 10.8. The summed E-state index contributed by atoms with van der Waals surface area (Å²) in [6, 6.07) is 24.4. The van der Waals surface area contributed by atoms with E-state index < -0.39 is 33.4 Å². The summed E-state index contributed by atoms with van der Waals surface area (Å²) in [5, 5.41) is 0.911. The van der Waals surface area contributed by atoms with Crippen molar-refractivity contribution in [2.24, 2.45) is 0 Å². The number of aromatic nitrogens is 2. The topological polar surface area (TPSA) is 75.5 Å². The first-order valence-electron chi connectivity index (χ1n) is 15.0. The summed E-state index contributed by atoms with van der Waals surface area (Å²) in [5.74, 6) is 0.0626. The van der Waals surface area contributed by atoms with Gasteiger partial charge in [-0.15, -0.1) is 0 Å². The van der Waals surface area contributed by atoms with Crippen LogP contribution in [0.3, 0.4) is 0 Å². The number of alkyl halides is 3. The Morgan fingerprint density at radius 2 is 1.57 bits per heavy atom. The highest BCUT2D eigenvalue weighted by Gasteiger charge is 2.54. The van der Waals surface area contributed by atoms with E-state index in [2.05, 4.69) is 0 Å². The number of hydrogen-bond acceptors (Lipinski definition) is 4. The SMILES string of the molecule is CN1C(=O)C(C)(C)N(c2ccc(Cn3cc(-c4ccc(Cl)cc4Cl)nc3C=Cc3ccc(-c4cccc(C(F)(F)F)c4)cc3)cc2)S1(=O)=O. The molecule has 1 aromatic heterocycles. The number of nitrogens with zero attached hydrogens (tertiary/aromatic N) is 4. The fourth-order valence-corrected chi connectivity index (χ4v) is 7.95. The van der Waals surface area contributed by atoms with Gasteiger partial charge in [0.15, 0.2) is 0 Å². The average molecular weight is 726 g/mol. The Labute approximate surface area is 292 Å². The van der Waals surface area contributed by atoms with Crippen molar-refractivity contribution in [1.29, 1.82) is 0 Å². The van der Waals surface area contributed by atoms with Gasteiger partial charge < -0.3 is 4.57 Å². The molecule has 2 heterocycles. The predicted molar refractivity (Wildman–Crippen MR) is 187 cm³/mol. The Balaban J connectivity index is 1.30. The van der Waals surface area contributed by atoms with Crippen LogP contribution < -0.4 is 4.31 Å². The molecule has 0 N–H and O–H groups in total. The molecule has 49 heavy (non-hydrogen) atoms. The van der Waals surface area contributed by atoms with Crippen molar-refractivity contribution in [3.8, 4) is 22.4 Å². The second-order valence-corrected chi connectivity index (χ2v) is 14.7. The van der Waals surface area contributed by atoms with Gasteiger partial charge in [-0.1, -0.05) is 77.8 Å². The van der Waals surface area contributed by atoms with E-state index in [1.165, 1.54) is 13.1 Å². The van der Waals surface area contributed by atoms with Crippen LogP contribution in [0.5, 0.6) is 0 Å². The van der Waals surface area contributed by atoms with Crippen LogP contribution in [0.25, 0.3) is 34.5 Å². The lowest BCUT2D eigenvalue weighted by Gasteiger charge is -2.28. The summed E-state index contributed by atoms with van der Waals surface area (Å²) in [7, 11) is -2.78. The van der Waals surface area contributed by atoms with Crippen LogP contribution in [0.1, 0.15) is 36.4 Å². The summed E-state index contributed by atoms with van der Waals surface area (Å²) < 4.78 is 69.5. The molecule has 0 saturated carbocycles. The second kappa shape index (κ2) is 12.7. The zero-order valence-corrected chi connectivity index (χ0v) is 28.7. The van der Waals surface area contributed by atoms with Crippen LogP contribution in [0.4, 0.5) is 18.9 Å². The molecule has 0 radical (unpaired) electrons. The normalized spacial score (nSPS) is 15.8. The minimum absolute atomic E-state index is 0.361. The molecule has 6 rings (SSSR count). The number of halogens is 5. The standard InChI is InChI=1S/C36H29Cl2F3N4O3S/c1-35(2)34(46)43(3)49(47,48)45(35)29-15-9-24(10-16-29)21-44-22-32(30-17-14-28(37)20-31(30)38)42-33(44)18-11-23-7-12-25(13-8-23)26-5-4-6-27(19-26)36(39,40)41/h4-20,22H,21H2,1-3H3. The Bertz CT molecular complexity index is 2200. The number of likely N-dealkylation sites (N-methyl/N-ethyl adjacent to an activating group) is 1. The van der Waals surface area contributed by atoms with Crippen molar-refractivity contribution in [1.82, 2.24) is 13.9 Å². The van der Waals surface area contributed by atoms with Crippen LogP contribution in [0, 0.1) is 0 Å². The molecule has 0 aliphatic carbocycles. The van der Waals surface area contributed by atoms with Crippen molar-refractivity contribution in [2.75, 3.05) is 11.4 Å². The van der Waals surface area contributed by atoms with Gasteiger partial charge in [0.2, 0.25) is 0 Å². The minimum Gasteiger partial charge on any atom is -0.326 e. The van der Waals surface area contributed by atoms with Crippen molar-refractivity contribution in [3.63, 3.8) is 0 Å². The van der Waals surface area contributed by atoms with E-state index in [4.69, 9.17) is 28.2 Å². The molecule has 0 unspecified atom stereocenters. The van der Waals surface area contributed by atoms with Crippen molar-refractivity contribution >= 4 is 57.2 Å². The smallest absolute Gasteiger partial charge is 0.326 e. The molecule has 1 amide bonds. The van der Waals surface area contributed by atoms with Crippen molar-refractivity contribution in [2.45, 2.75) is 32.1 Å². The van der Waals surface area contributed by atoms with E-state index in [0.717, 1.165) is 31.9 Å². The Morgan fingerprint density at radius 3 is 2.18 bits per heavy atom. The molecule has 0 bridgehead atoms. The highest BCUT2D eigenvalue weighted by Crippen LogP contribution is 2.37. The highest BCUT2D eigenvalue weighted by atomic mass is 35.5. The lowest BCUT2D eigenvalue weighted by molar-refractivity contribution is -0.137. The zero-order chi connectivity index (χ0) is 35.3. The number of carbonyl (C=O) groups is 1. The quantitative estimate of drug-likeness (QED) is 0.168. The largest absolute Gasteiger partial charge is 0.416 e. The molecule has 0 spiro atoms. The minimum atomic E-state index is -4.43. The first kappa shape index (κ1) is 34.3. The monoisotopic (exact) mass is 724 g/mol.